The van der Waals surface area contributed by atoms with E-state index in [-0.39, 0.29) is 10.1 Å². The Morgan fingerprint density at radius 1 is 1.08 bits per heavy atom. The summed E-state index contributed by atoms with van der Waals surface area (Å²) in [5.74, 6) is -0.955. The molecule has 0 N–H and O–H groups in total. The van der Waals surface area contributed by atoms with E-state index in [2.05, 4.69) is 10.2 Å². The topological polar surface area (TPSA) is 79.0 Å². The number of carbonyl (C=O) groups excluding carboxylic acids is 1. The minimum Gasteiger partial charge on any atom is -0.544 e. The zero-order chi connectivity index (χ0) is 17.6. The number of hydrogen-bond acceptors (Lipinski definition) is 7. The van der Waals surface area contributed by atoms with Crippen LogP contribution < -0.4 is 5.11 Å². The third-order valence-electron chi connectivity index (χ3n) is 3.24. The van der Waals surface area contributed by atoms with Gasteiger partial charge in [-0.2, -0.15) is 0 Å². The fourth-order valence-electron chi connectivity index (χ4n) is 2.02. The Labute approximate surface area is 153 Å². The second-order valence-electron chi connectivity index (χ2n) is 4.91. The van der Waals surface area contributed by atoms with Gasteiger partial charge in [0.1, 0.15) is 0 Å². The molecule has 0 atom stereocenters. The summed E-state index contributed by atoms with van der Waals surface area (Å²) in [5, 5.41) is 19.4. The van der Waals surface area contributed by atoms with Gasteiger partial charge in [-0.1, -0.05) is 30.3 Å². The lowest BCUT2D eigenvalue weighted by atomic mass is 10.2. The van der Waals surface area contributed by atoms with E-state index in [0.717, 1.165) is 27.8 Å². The van der Waals surface area contributed by atoms with Crippen molar-refractivity contribution < 1.29 is 14.3 Å². The SMILES string of the molecule is CSc1ccc(/C=C(/Sc2nnc(-c3ccccc3)o2)C(=O)[O-])cc1. The zero-order valence-electron chi connectivity index (χ0n) is 13.2. The van der Waals surface area contributed by atoms with E-state index in [1.807, 2.05) is 60.9 Å². The van der Waals surface area contributed by atoms with Crippen LogP contribution in [0.25, 0.3) is 17.5 Å². The Balaban J connectivity index is 1.81. The first-order valence-electron chi connectivity index (χ1n) is 7.29. The van der Waals surface area contributed by atoms with Crippen molar-refractivity contribution in [2.45, 2.75) is 10.1 Å². The smallest absolute Gasteiger partial charge is 0.281 e. The number of thioether (sulfide) groups is 2. The van der Waals surface area contributed by atoms with Gasteiger partial charge in [-0.25, -0.2) is 0 Å². The van der Waals surface area contributed by atoms with Crippen molar-refractivity contribution in [1.82, 2.24) is 10.2 Å². The highest BCUT2D eigenvalue weighted by Gasteiger charge is 2.12. The molecule has 1 aromatic heterocycles. The Morgan fingerprint density at radius 2 is 1.80 bits per heavy atom. The minimum atomic E-state index is -1.29. The summed E-state index contributed by atoms with van der Waals surface area (Å²) < 4.78 is 5.53. The van der Waals surface area contributed by atoms with Crippen LogP contribution in [0.2, 0.25) is 0 Å². The van der Waals surface area contributed by atoms with Crippen LogP contribution in [-0.2, 0) is 4.79 Å². The molecule has 126 valence electrons. The fourth-order valence-corrected chi connectivity index (χ4v) is 3.10. The summed E-state index contributed by atoms with van der Waals surface area (Å²) in [7, 11) is 0. The van der Waals surface area contributed by atoms with Crippen molar-refractivity contribution in [3.05, 3.63) is 65.1 Å². The summed E-state index contributed by atoms with van der Waals surface area (Å²) in [4.78, 5) is 12.5. The molecule has 0 saturated heterocycles. The van der Waals surface area contributed by atoms with Gasteiger partial charge in [-0.05, 0) is 53.9 Å². The molecule has 1 heterocycles. The van der Waals surface area contributed by atoms with Crippen molar-refractivity contribution in [1.29, 1.82) is 0 Å². The first-order valence-corrected chi connectivity index (χ1v) is 9.33. The van der Waals surface area contributed by atoms with Gasteiger partial charge < -0.3 is 14.3 Å². The molecule has 7 heteroatoms. The van der Waals surface area contributed by atoms with Crippen molar-refractivity contribution >= 4 is 35.6 Å². The van der Waals surface area contributed by atoms with Crippen LogP contribution in [0.1, 0.15) is 5.56 Å². The predicted octanol–water partition coefficient (Wildman–Crippen LogP) is 3.34. The number of aliphatic carboxylic acids is 1. The molecule has 0 aliphatic heterocycles. The molecular formula is C18H13N2O3S2-. The Kier molecular flexibility index (Phi) is 5.57. The van der Waals surface area contributed by atoms with Crippen molar-refractivity contribution in [3.8, 4) is 11.5 Å². The van der Waals surface area contributed by atoms with Gasteiger partial charge in [-0.15, -0.1) is 22.0 Å². The molecule has 25 heavy (non-hydrogen) atoms. The normalized spacial score (nSPS) is 11.5. The third-order valence-corrected chi connectivity index (χ3v) is 4.83. The van der Waals surface area contributed by atoms with Crippen LogP contribution in [0.5, 0.6) is 0 Å². The van der Waals surface area contributed by atoms with Crippen LogP contribution in [0.4, 0.5) is 0 Å². The lowest BCUT2D eigenvalue weighted by Gasteiger charge is -2.05. The van der Waals surface area contributed by atoms with Gasteiger partial charge in [0.15, 0.2) is 0 Å². The maximum atomic E-state index is 11.4. The number of aromatic nitrogens is 2. The number of rotatable bonds is 6. The van der Waals surface area contributed by atoms with Crippen LogP contribution in [0, 0.1) is 0 Å². The number of hydrogen-bond donors (Lipinski definition) is 0. The summed E-state index contributed by atoms with van der Waals surface area (Å²) in [5.41, 5.74) is 1.53. The monoisotopic (exact) mass is 369 g/mol. The second-order valence-corrected chi connectivity index (χ2v) is 6.78. The fraction of sp³-hybridized carbons (Fsp3) is 0.0556. The average molecular weight is 369 g/mol. The molecule has 0 fully saturated rings. The molecule has 0 radical (unpaired) electrons. The van der Waals surface area contributed by atoms with E-state index in [0.29, 0.717) is 5.89 Å². The molecule has 5 nitrogen and oxygen atoms in total. The van der Waals surface area contributed by atoms with Gasteiger partial charge in [0.25, 0.3) is 5.22 Å². The van der Waals surface area contributed by atoms with Crippen LogP contribution in [0.15, 0.2) is 74.0 Å². The maximum absolute atomic E-state index is 11.4. The molecule has 0 aliphatic rings. The van der Waals surface area contributed by atoms with E-state index in [1.165, 1.54) is 6.08 Å². The maximum Gasteiger partial charge on any atom is 0.281 e. The van der Waals surface area contributed by atoms with Crippen molar-refractivity contribution in [2.24, 2.45) is 0 Å². The average Bonchev–Trinajstić information content (AvgIpc) is 3.11. The number of benzene rings is 2. The van der Waals surface area contributed by atoms with Crippen molar-refractivity contribution in [3.63, 3.8) is 0 Å². The highest BCUT2D eigenvalue weighted by Crippen LogP contribution is 2.29. The number of carboxylic acid groups (broad SMARTS) is 1. The summed E-state index contributed by atoms with van der Waals surface area (Å²) in [6.45, 7) is 0. The van der Waals surface area contributed by atoms with Crippen LogP contribution in [0.3, 0.4) is 0 Å². The molecule has 0 spiro atoms. The van der Waals surface area contributed by atoms with Crippen LogP contribution in [-0.4, -0.2) is 22.4 Å². The minimum absolute atomic E-state index is 0.000151. The standard InChI is InChI=1S/C18H14N2O3S2/c1-24-14-9-7-12(8-10-14)11-15(17(21)22)25-18-20-19-16(23-18)13-5-3-2-4-6-13/h2-11H,1H3,(H,21,22)/p-1/b15-11+. The lowest BCUT2D eigenvalue weighted by Crippen LogP contribution is -2.23. The predicted molar refractivity (Wildman–Crippen MR) is 96.8 cm³/mol. The Morgan fingerprint density at radius 3 is 2.44 bits per heavy atom. The van der Waals surface area contributed by atoms with Gasteiger partial charge in [0, 0.05) is 15.4 Å². The lowest BCUT2D eigenvalue weighted by molar-refractivity contribution is -0.298. The number of carbonyl (C=O) groups is 1. The molecule has 3 aromatic rings. The molecule has 0 aliphatic carbocycles. The summed E-state index contributed by atoms with van der Waals surface area (Å²) >= 11 is 2.49. The molecular weight excluding hydrogens is 356 g/mol. The molecule has 2 aromatic carbocycles. The Bertz CT molecular complexity index is 890. The van der Waals surface area contributed by atoms with Crippen molar-refractivity contribution in [2.75, 3.05) is 6.26 Å². The Hall–Kier alpha value is -2.51. The first kappa shape index (κ1) is 17.3. The van der Waals surface area contributed by atoms with Gasteiger partial charge in [0.2, 0.25) is 5.89 Å². The van der Waals surface area contributed by atoms with E-state index in [1.54, 1.807) is 11.8 Å². The molecule has 0 amide bonds. The summed E-state index contributed by atoms with van der Waals surface area (Å²) in [6, 6.07) is 16.8. The number of carboxylic acids is 1. The highest BCUT2D eigenvalue weighted by molar-refractivity contribution is 8.03. The first-order chi connectivity index (χ1) is 12.2. The number of nitrogens with zero attached hydrogens (tertiary/aromatic N) is 2. The van der Waals surface area contributed by atoms with E-state index >= 15 is 0 Å². The van der Waals surface area contributed by atoms with Gasteiger partial charge in [0.05, 0.1) is 5.97 Å². The second kappa shape index (κ2) is 8.04. The molecule has 0 bridgehead atoms. The molecule has 0 saturated carbocycles. The summed E-state index contributed by atoms with van der Waals surface area (Å²) in [6.07, 6.45) is 3.50. The highest BCUT2D eigenvalue weighted by atomic mass is 32.2. The van der Waals surface area contributed by atoms with Gasteiger partial charge in [-0.3, -0.25) is 0 Å². The van der Waals surface area contributed by atoms with Gasteiger partial charge >= 0.3 is 0 Å². The van der Waals surface area contributed by atoms with Crippen LogP contribution >= 0.6 is 23.5 Å². The zero-order valence-corrected chi connectivity index (χ0v) is 14.8. The largest absolute Gasteiger partial charge is 0.544 e. The third kappa shape index (κ3) is 4.52. The molecule has 3 rings (SSSR count). The van der Waals surface area contributed by atoms with E-state index in [4.69, 9.17) is 4.42 Å². The van der Waals surface area contributed by atoms with E-state index in [9.17, 15) is 9.90 Å². The quantitative estimate of drug-likeness (QED) is 0.487. The molecule has 0 unspecified atom stereocenters. The van der Waals surface area contributed by atoms with E-state index < -0.39 is 5.97 Å².